The molecule has 0 aliphatic heterocycles. The maximum Gasteiger partial charge on any atom is 0.133 e. The topological polar surface area (TPSA) is 33.0 Å². The first-order valence-corrected chi connectivity index (χ1v) is 7.02. The van der Waals surface area contributed by atoms with Crippen molar-refractivity contribution in [2.75, 3.05) is 7.11 Å². The zero-order valence-electron chi connectivity index (χ0n) is 10.7. The van der Waals surface area contributed by atoms with Crippen molar-refractivity contribution in [3.8, 4) is 11.8 Å². The Hall–Kier alpha value is -1.76. The SMILES string of the molecule is COc1ccc(/C=C(/C#N)c2ccc(Cl)cc2)cc1Br. The van der Waals surface area contributed by atoms with Gasteiger partial charge in [0.15, 0.2) is 0 Å². The number of allylic oxidation sites excluding steroid dienone is 1. The van der Waals surface area contributed by atoms with E-state index in [0.717, 1.165) is 21.3 Å². The second-order valence-corrected chi connectivity index (χ2v) is 5.36. The molecule has 0 N–H and O–H groups in total. The minimum absolute atomic E-state index is 0.582. The molecule has 0 aliphatic rings. The molecule has 0 unspecified atom stereocenters. The molecule has 0 aromatic heterocycles. The van der Waals surface area contributed by atoms with Gasteiger partial charge in [0.05, 0.1) is 23.2 Å². The number of methoxy groups -OCH3 is 1. The van der Waals surface area contributed by atoms with Crippen molar-refractivity contribution in [3.63, 3.8) is 0 Å². The number of benzene rings is 2. The van der Waals surface area contributed by atoms with Gasteiger partial charge in [0, 0.05) is 5.02 Å². The van der Waals surface area contributed by atoms with E-state index in [1.807, 2.05) is 36.4 Å². The molecule has 2 aromatic carbocycles. The van der Waals surface area contributed by atoms with Crippen LogP contribution in [0.1, 0.15) is 11.1 Å². The highest BCUT2D eigenvalue weighted by molar-refractivity contribution is 9.10. The second-order valence-electron chi connectivity index (χ2n) is 4.07. The molecule has 0 saturated heterocycles. The van der Waals surface area contributed by atoms with Crippen molar-refractivity contribution in [2.45, 2.75) is 0 Å². The third kappa shape index (κ3) is 3.41. The van der Waals surface area contributed by atoms with Crippen molar-refractivity contribution in [2.24, 2.45) is 0 Å². The van der Waals surface area contributed by atoms with Crippen LogP contribution in [0.25, 0.3) is 11.6 Å². The summed E-state index contributed by atoms with van der Waals surface area (Å²) in [5, 5.41) is 9.94. The Morgan fingerprint density at radius 1 is 1.25 bits per heavy atom. The van der Waals surface area contributed by atoms with Crippen LogP contribution in [0.15, 0.2) is 46.9 Å². The number of nitrogens with zero attached hydrogens (tertiary/aromatic N) is 1. The van der Waals surface area contributed by atoms with E-state index in [0.29, 0.717) is 10.6 Å². The normalized spacial score (nSPS) is 11.0. The van der Waals surface area contributed by atoms with Gasteiger partial charge in [0.1, 0.15) is 5.75 Å². The first-order chi connectivity index (χ1) is 9.63. The molecular formula is C16H11BrClNO. The third-order valence-corrected chi connectivity index (χ3v) is 3.63. The van der Waals surface area contributed by atoms with Crippen molar-refractivity contribution in [1.29, 1.82) is 5.26 Å². The summed E-state index contributed by atoms with van der Waals surface area (Å²) in [6, 6.07) is 15.1. The lowest BCUT2D eigenvalue weighted by atomic mass is 10.0. The minimum Gasteiger partial charge on any atom is -0.496 e. The summed E-state index contributed by atoms with van der Waals surface area (Å²) >= 11 is 9.28. The molecule has 2 nitrogen and oxygen atoms in total. The van der Waals surface area contributed by atoms with Crippen molar-refractivity contribution in [3.05, 3.63) is 63.1 Å². The van der Waals surface area contributed by atoms with Gasteiger partial charge in [-0.1, -0.05) is 29.8 Å². The fraction of sp³-hybridized carbons (Fsp3) is 0.0625. The lowest BCUT2D eigenvalue weighted by Gasteiger charge is -2.04. The number of halogens is 2. The molecule has 0 fully saturated rings. The quantitative estimate of drug-likeness (QED) is 0.566. The molecule has 0 amide bonds. The van der Waals surface area contributed by atoms with Crippen LogP contribution in [0.2, 0.25) is 5.02 Å². The van der Waals surface area contributed by atoms with Gasteiger partial charge in [-0.3, -0.25) is 0 Å². The average Bonchev–Trinajstić information content (AvgIpc) is 2.46. The van der Waals surface area contributed by atoms with Gasteiger partial charge in [0.2, 0.25) is 0 Å². The monoisotopic (exact) mass is 347 g/mol. The predicted octanol–water partition coefficient (Wildman–Crippen LogP) is 5.18. The van der Waals surface area contributed by atoms with E-state index in [9.17, 15) is 5.26 Å². The van der Waals surface area contributed by atoms with Gasteiger partial charge in [0.25, 0.3) is 0 Å². The molecule has 20 heavy (non-hydrogen) atoms. The van der Waals surface area contributed by atoms with Crippen LogP contribution in [0.4, 0.5) is 0 Å². The van der Waals surface area contributed by atoms with Gasteiger partial charge < -0.3 is 4.74 Å². The zero-order valence-corrected chi connectivity index (χ0v) is 13.1. The first kappa shape index (κ1) is 14.6. The molecule has 2 rings (SSSR count). The van der Waals surface area contributed by atoms with E-state index < -0.39 is 0 Å². The maximum absolute atomic E-state index is 9.29. The van der Waals surface area contributed by atoms with Crippen LogP contribution < -0.4 is 4.74 Å². The fourth-order valence-electron chi connectivity index (χ4n) is 1.75. The third-order valence-electron chi connectivity index (χ3n) is 2.76. The smallest absolute Gasteiger partial charge is 0.133 e. The number of hydrogen-bond acceptors (Lipinski definition) is 2. The summed E-state index contributed by atoms with van der Waals surface area (Å²) in [4.78, 5) is 0. The molecule has 2 aromatic rings. The average molecular weight is 349 g/mol. The maximum atomic E-state index is 9.29. The van der Waals surface area contributed by atoms with E-state index in [-0.39, 0.29) is 0 Å². The van der Waals surface area contributed by atoms with Crippen LogP contribution in [-0.4, -0.2) is 7.11 Å². The fourth-order valence-corrected chi connectivity index (χ4v) is 2.43. The van der Waals surface area contributed by atoms with Gasteiger partial charge in [-0.05, 0) is 57.4 Å². The highest BCUT2D eigenvalue weighted by Crippen LogP contribution is 2.27. The van der Waals surface area contributed by atoms with Gasteiger partial charge >= 0.3 is 0 Å². The number of nitriles is 1. The van der Waals surface area contributed by atoms with E-state index in [1.165, 1.54) is 0 Å². The molecule has 0 heterocycles. The number of hydrogen-bond donors (Lipinski definition) is 0. The Balaban J connectivity index is 2.39. The summed E-state index contributed by atoms with van der Waals surface area (Å²) < 4.78 is 6.03. The molecule has 0 radical (unpaired) electrons. The van der Waals surface area contributed by atoms with Gasteiger partial charge in [-0.15, -0.1) is 0 Å². The predicted molar refractivity (Wildman–Crippen MR) is 85.6 cm³/mol. The van der Waals surface area contributed by atoms with E-state index in [1.54, 1.807) is 19.2 Å². The molecule has 0 bridgehead atoms. The van der Waals surface area contributed by atoms with Crippen LogP contribution in [-0.2, 0) is 0 Å². The molecule has 0 aliphatic carbocycles. The molecule has 0 atom stereocenters. The van der Waals surface area contributed by atoms with Crippen molar-refractivity contribution in [1.82, 2.24) is 0 Å². The summed E-state index contributed by atoms with van der Waals surface area (Å²) in [5.41, 5.74) is 2.34. The summed E-state index contributed by atoms with van der Waals surface area (Å²) in [7, 11) is 1.62. The molecular weight excluding hydrogens is 338 g/mol. The Kier molecular flexibility index (Phi) is 4.84. The van der Waals surface area contributed by atoms with E-state index in [2.05, 4.69) is 22.0 Å². The lowest BCUT2D eigenvalue weighted by molar-refractivity contribution is 0.412. The van der Waals surface area contributed by atoms with E-state index in [4.69, 9.17) is 16.3 Å². The largest absolute Gasteiger partial charge is 0.496 e. The standard InChI is InChI=1S/C16H11BrClNO/c1-20-16-7-2-11(9-15(16)17)8-13(10-19)12-3-5-14(18)6-4-12/h2-9H,1H3/b13-8-. The Labute approximate surface area is 131 Å². The molecule has 100 valence electrons. The van der Waals surface area contributed by atoms with Crippen molar-refractivity contribution >= 4 is 39.2 Å². The molecule has 0 saturated carbocycles. The van der Waals surface area contributed by atoms with Gasteiger partial charge in [-0.25, -0.2) is 0 Å². The van der Waals surface area contributed by atoms with E-state index >= 15 is 0 Å². The Morgan fingerprint density at radius 2 is 1.95 bits per heavy atom. The van der Waals surface area contributed by atoms with Gasteiger partial charge in [-0.2, -0.15) is 5.26 Å². The summed E-state index contributed by atoms with van der Waals surface area (Å²) in [5.74, 6) is 0.757. The highest BCUT2D eigenvalue weighted by Gasteiger charge is 2.04. The van der Waals surface area contributed by atoms with Crippen LogP contribution in [0.5, 0.6) is 5.75 Å². The number of rotatable bonds is 3. The second kappa shape index (κ2) is 6.60. The number of ether oxygens (including phenoxy) is 1. The van der Waals surface area contributed by atoms with Crippen LogP contribution >= 0.6 is 27.5 Å². The summed E-state index contributed by atoms with van der Waals surface area (Å²) in [6.45, 7) is 0. The highest BCUT2D eigenvalue weighted by atomic mass is 79.9. The Morgan fingerprint density at radius 3 is 2.50 bits per heavy atom. The zero-order chi connectivity index (χ0) is 14.5. The van der Waals surface area contributed by atoms with Crippen molar-refractivity contribution < 1.29 is 4.74 Å². The van der Waals surface area contributed by atoms with Crippen LogP contribution in [0.3, 0.4) is 0 Å². The summed E-state index contributed by atoms with van der Waals surface area (Å²) in [6.07, 6.45) is 1.83. The lowest BCUT2D eigenvalue weighted by Crippen LogP contribution is -1.86. The molecule has 4 heteroatoms. The minimum atomic E-state index is 0.582. The van der Waals surface area contributed by atoms with Crippen LogP contribution in [0, 0.1) is 11.3 Å². The molecule has 0 spiro atoms. The Bertz CT molecular complexity index is 687. The first-order valence-electron chi connectivity index (χ1n) is 5.85.